The second-order valence-corrected chi connectivity index (χ2v) is 6.26. The van der Waals surface area contributed by atoms with Crippen molar-refractivity contribution < 1.29 is 4.79 Å². The molecule has 22 heavy (non-hydrogen) atoms. The van der Waals surface area contributed by atoms with Gasteiger partial charge in [0.05, 0.1) is 22.8 Å². The molecule has 2 aliphatic heterocycles. The molecule has 0 unspecified atom stereocenters. The summed E-state index contributed by atoms with van der Waals surface area (Å²) in [6.45, 7) is 1.66. The van der Waals surface area contributed by atoms with Gasteiger partial charge in [-0.3, -0.25) is 14.7 Å². The SMILES string of the molecule is O=C1[C@@H]2C[C@@H](CN2Cc2cccnc2)N1c1ccccc1Cl. The van der Waals surface area contributed by atoms with Gasteiger partial charge in [0.25, 0.3) is 0 Å². The highest BCUT2D eigenvalue weighted by molar-refractivity contribution is 6.34. The van der Waals surface area contributed by atoms with Crippen molar-refractivity contribution in [1.29, 1.82) is 0 Å². The standard InChI is InChI=1S/C17H16ClN3O/c18-14-5-1-2-6-15(14)21-13-8-16(17(21)22)20(11-13)10-12-4-3-7-19-9-12/h1-7,9,13,16H,8,10-11H2/t13-,16-/m0/s1. The second-order valence-electron chi connectivity index (χ2n) is 5.86. The summed E-state index contributed by atoms with van der Waals surface area (Å²) in [5.41, 5.74) is 1.98. The molecule has 1 amide bonds. The normalized spacial score (nSPS) is 24.2. The lowest BCUT2D eigenvalue weighted by Gasteiger charge is -2.34. The van der Waals surface area contributed by atoms with Crippen LogP contribution in [0, 0.1) is 0 Å². The van der Waals surface area contributed by atoms with Gasteiger partial charge in [-0.25, -0.2) is 0 Å². The van der Waals surface area contributed by atoms with E-state index in [0.717, 1.165) is 30.8 Å². The van der Waals surface area contributed by atoms with E-state index in [0.29, 0.717) is 5.02 Å². The second kappa shape index (κ2) is 5.38. The lowest BCUT2D eigenvalue weighted by molar-refractivity contribution is -0.122. The summed E-state index contributed by atoms with van der Waals surface area (Å²) in [5, 5.41) is 0.641. The predicted molar refractivity (Wildman–Crippen MR) is 85.8 cm³/mol. The van der Waals surface area contributed by atoms with E-state index in [-0.39, 0.29) is 18.0 Å². The van der Waals surface area contributed by atoms with Crippen LogP contribution in [0.15, 0.2) is 48.8 Å². The maximum Gasteiger partial charge on any atom is 0.244 e. The molecule has 2 saturated heterocycles. The highest BCUT2D eigenvalue weighted by Gasteiger charge is 2.50. The van der Waals surface area contributed by atoms with Crippen molar-refractivity contribution in [1.82, 2.24) is 9.88 Å². The van der Waals surface area contributed by atoms with Gasteiger partial charge in [0.1, 0.15) is 0 Å². The number of rotatable bonds is 3. The van der Waals surface area contributed by atoms with Crippen molar-refractivity contribution in [2.45, 2.75) is 25.0 Å². The molecule has 1 aromatic carbocycles. The average Bonchev–Trinajstić information content (AvgIpc) is 3.07. The smallest absolute Gasteiger partial charge is 0.244 e. The van der Waals surface area contributed by atoms with Crippen molar-refractivity contribution in [3.05, 3.63) is 59.4 Å². The summed E-state index contributed by atoms with van der Waals surface area (Å²) in [6.07, 6.45) is 4.51. The van der Waals surface area contributed by atoms with Gasteiger partial charge in [0.15, 0.2) is 0 Å². The number of nitrogens with zero attached hydrogens (tertiary/aromatic N) is 3. The van der Waals surface area contributed by atoms with Crippen LogP contribution in [0.3, 0.4) is 0 Å². The zero-order valence-electron chi connectivity index (χ0n) is 12.0. The third kappa shape index (κ3) is 2.19. The molecule has 2 aliphatic rings. The molecule has 0 saturated carbocycles. The first kappa shape index (κ1) is 13.7. The number of likely N-dealkylation sites (tertiary alicyclic amines) is 1. The molecule has 0 spiro atoms. The highest BCUT2D eigenvalue weighted by Crippen LogP contribution is 2.39. The summed E-state index contributed by atoms with van der Waals surface area (Å²) in [5.74, 6) is 0.160. The van der Waals surface area contributed by atoms with E-state index in [9.17, 15) is 4.79 Å². The Hall–Kier alpha value is -1.91. The lowest BCUT2D eigenvalue weighted by Crippen LogP contribution is -2.50. The molecule has 4 nitrogen and oxygen atoms in total. The largest absolute Gasteiger partial charge is 0.305 e. The number of halogens is 1. The van der Waals surface area contributed by atoms with Crippen molar-refractivity contribution >= 4 is 23.2 Å². The molecular weight excluding hydrogens is 298 g/mol. The maximum atomic E-state index is 12.7. The summed E-state index contributed by atoms with van der Waals surface area (Å²) in [4.78, 5) is 21.0. The molecule has 4 rings (SSSR count). The van der Waals surface area contributed by atoms with Gasteiger partial charge in [-0.2, -0.15) is 0 Å². The minimum absolute atomic E-state index is 0.0403. The number of carbonyl (C=O) groups excluding carboxylic acids is 1. The Morgan fingerprint density at radius 3 is 2.82 bits per heavy atom. The fourth-order valence-corrected chi connectivity index (χ4v) is 3.75. The first-order valence-corrected chi connectivity index (χ1v) is 7.82. The van der Waals surface area contributed by atoms with Gasteiger partial charge in [0, 0.05) is 25.5 Å². The number of piperazine rings is 1. The third-order valence-corrected chi connectivity index (χ3v) is 4.81. The molecule has 0 radical (unpaired) electrons. The van der Waals surface area contributed by atoms with Gasteiger partial charge in [-0.15, -0.1) is 0 Å². The molecule has 2 bridgehead atoms. The summed E-state index contributed by atoms with van der Waals surface area (Å²) >= 11 is 6.26. The van der Waals surface area contributed by atoms with Crippen LogP contribution in [0.1, 0.15) is 12.0 Å². The molecule has 2 aromatic rings. The van der Waals surface area contributed by atoms with E-state index in [4.69, 9.17) is 11.6 Å². The van der Waals surface area contributed by atoms with Gasteiger partial charge in [-0.1, -0.05) is 29.8 Å². The van der Waals surface area contributed by atoms with Crippen molar-refractivity contribution in [3.8, 4) is 0 Å². The van der Waals surface area contributed by atoms with E-state index in [1.807, 2.05) is 41.4 Å². The van der Waals surface area contributed by atoms with Crippen LogP contribution < -0.4 is 4.90 Å². The van der Waals surface area contributed by atoms with Crippen molar-refractivity contribution in [2.75, 3.05) is 11.4 Å². The Kier molecular flexibility index (Phi) is 3.36. The van der Waals surface area contributed by atoms with Crippen LogP contribution in [0.25, 0.3) is 0 Å². The van der Waals surface area contributed by atoms with Crippen LogP contribution in [-0.2, 0) is 11.3 Å². The van der Waals surface area contributed by atoms with Gasteiger partial charge >= 0.3 is 0 Å². The minimum Gasteiger partial charge on any atom is -0.305 e. The highest BCUT2D eigenvalue weighted by atomic mass is 35.5. The number of anilines is 1. The number of fused-ring (bicyclic) bond motifs is 2. The van der Waals surface area contributed by atoms with Crippen LogP contribution in [0.2, 0.25) is 5.02 Å². The first-order valence-electron chi connectivity index (χ1n) is 7.44. The number of carbonyl (C=O) groups is 1. The molecular formula is C17H16ClN3O. The number of amides is 1. The maximum absolute atomic E-state index is 12.7. The molecule has 3 heterocycles. The van der Waals surface area contributed by atoms with Crippen LogP contribution >= 0.6 is 11.6 Å². The lowest BCUT2D eigenvalue weighted by atomic mass is 10.2. The molecule has 5 heteroatoms. The van der Waals surface area contributed by atoms with Crippen molar-refractivity contribution in [2.24, 2.45) is 0 Å². The molecule has 0 N–H and O–H groups in total. The molecule has 2 fully saturated rings. The van der Waals surface area contributed by atoms with Gasteiger partial charge < -0.3 is 4.90 Å². The van der Waals surface area contributed by atoms with E-state index < -0.39 is 0 Å². The number of benzene rings is 1. The summed E-state index contributed by atoms with van der Waals surface area (Å²) in [6, 6.07) is 11.7. The fourth-order valence-electron chi connectivity index (χ4n) is 3.53. The molecule has 2 atom stereocenters. The van der Waals surface area contributed by atoms with Crippen LogP contribution in [0.5, 0.6) is 0 Å². The quantitative estimate of drug-likeness (QED) is 0.874. The minimum atomic E-state index is -0.0403. The summed E-state index contributed by atoms with van der Waals surface area (Å²) in [7, 11) is 0. The number of hydrogen-bond acceptors (Lipinski definition) is 3. The van der Waals surface area contributed by atoms with E-state index in [2.05, 4.69) is 16.0 Å². The molecule has 1 aromatic heterocycles. The molecule has 112 valence electrons. The Balaban J connectivity index is 1.55. The number of hydrogen-bond donors (Lipinski definition) is 0. The van der Waals surface area contributed by atoms with Gasteiger partial charge in [0.2, 0.25) is 5.91 Å². The Morgan fingerprint density at radius 1 is 1.23 bits per heavy atom. The Bertz CT molecular complexity index is 706. The predicted octanol–water partition coefficient (Wildman–Crippen LogP) is 2.72. The zero-order chi connectivity index (χ0) is 15.1. The third-order valence-electron chi connectivity index (χ3n) is 4.49. The topological polar surface area (TPSA) is 36.4 Å². The first-order chi connectivity index (χ1) is 10.7. The monoisotopic (exact) mass is 313 g/mol. The molecule has 0 aliphatic carbocycles. The van der Waals surface area contributed by atoms with Crippen LogP contribution in [-0.4, -0.2) is 34.4 Å². The number of para-hydroxylation sites is 1. The summed E-state index contributed by atoms with van der Waals surface area (Å²) < 4.78 is 0. The fraction of sp³-hybridized carbons (Fsp3) is 0.294. The Morgan fingerprint density at radius 2 is 2.09 bits per heavy atom. The number of aromatic nitrogens is 1. The number of pyridine rings is 1. The van der Waals surface area contributed by atoms with E-state index in [1.54, 1.807) is 6.20 Å². The van der Waals surface area contributed by atoms with Crippen molar-refractivity contribution in [3.63, 3.8) is 0 Å². The Labute approximate surface area is 134 Å². The van der Waals surface area contributed by atoms with Gasteiger partial charge in [-0.05, 0) is 30.2 Å². The van der Waals surface area contributed by atoms with Crippen LogP contribution in [0.4, 0.5) is 5.69 Å². The van der Waals surface area contributed by atoms with E-state index in [1.165, 1.54) is 0 Å². The average molecular weight is 314 g/mol. The van der Waals surface area contributed by atoms with E-state index >= 15 is 0 Å². The zero-order valence-corrected chi connectivity index (χ0v) is 12.8.